The molecular formula is C9H13ClF3NO2. The number of aliphatic hydroxyl groups excluding tert-OH is 1. The number of halogens is 4. The second-order valence-electron chi connectivity index (χ2n) is 4.06. The molecule has 0 spiro atoms. The van der Waals surface area contributed by atoms with E-state index in [9.17, 15) is 18.0 Å². The Hall–Kier alpha value is -0.490. The highest BCUT2D eigenvalue weighted by atomic mass is 35.5. The first-order valence-corrected chi connectivity index (χ1v) is 5.27. The molecule has 1 heterocycles. The van der Waals surface area contributed by atoms with Crippen molar-refractivity contribution in [3.05, 3.63) is 0 Å². The van der Waals surface area contributed by atoms with E-state index in [0.717, 1.165) is 4.90 Å². The molecule has 0 aromatic rings. The molecule has 1 aliphatic heterocycles. The van der Waals surface area contributed by atoms with E-state index in [4.69, 9.17) is 16.7 Å². The van der Waals surface area contributed by atoms with Gasteiger partial charge in [-0.05, 0) is 13.3 Å². The van der Waals surface area contributed by atoms with Crippen LogP contribution in [-0.4, -0.2) is 47.2 Å². The highest BCUT2D eigenvalue weighted by molar-refractivity contribution is 6.30. The molecule has 7 heteroatoms. The number of aliphatic hydroxyl groups is 1. The van der Waals surface area contributed by atoms with Crippen LogP contribution in [0.25, 0.3) is 0 Å². The largest absolute Gasteiger partial charge is 0.398 e. The van der Waals surface area contributed by atoms with Gasteiger partial charge in [-0.3, -0.25) is 4.79 Å². The van der Waals surface area contributed by atoms with E-state index >= 15 is 0 Å². The number of likely N-dealkylation sites (tertiary alicyclic amines) is 1. The zero-order chi connectivity index (χ0) is 12.6. The molecule has 1 saturated heterocycles. The first kappa shape index (κ1) is 13.6. The van der Waals surface area contributed by atoms with Crippen LogP contribution in [0.15, 0.2) is 0 Å². The van der Waals surface area contributed by atoms with Gasteiger partial charge in [-0.25, -0.2) is 0 Å². The zero-order valence-corrected chi connectivity index (χ0v) is 9.48. The molecule has 94 valence electrons. The van der Waals surface area contributed by atoms with Crippen LogP contribution >= 0.6 is 11.6 Å². The molecule has 1 amide bonds. The first-order valence-electron chi connectivity index (χ1n) is 4.84. The lowest BCUT2D eigenvalue weighted by Crippen LogP contribution is -2.45. The van der Waals surface area contributed by atoms with Crippen LogP contribution in [0, 0.1) is 5.41 Å². The van der Waals surface area contributed by atoms with Gasteiger partial charge in [-0.2, -0.15) is 13.2 Å². The Morgan fingerprint density at radius 2 is 2.19 bits per heavy atom. The van der Waals surface area contributed by atoms with Crippen molar-refractivity contribution in [3.8, 4) is 0 Å². The van der Waals surface area contributed by atoms with Crippen LogP contribution < -0.4 is 0 Å². The van der Waals surface area contributed by atoms with E-state index in [0.29, 0.717) is 0 Å². The third-order valence-corrected chi connectivity index (χ3v) is 3.10. The maximum Gasteiger partial charge on any atom is 0.398 e. The van der Waals surface area contributed by atoms with Gasteiger partial charge >= 0.3 is 6.18 Å². The third kappa shape index (κ3) is 2.27. The first-order chi connectivity index (χ1) is 7.23. The smallest absolute Gasteiger partial charge is 0.395 e. The van der Waals surface area contributed by atoms with Crippen LogP contribution in [0.4, 0.5) is 13.2 Å². The van der Waals surface area contributed by atoms with Gasteiger partial charge in [-0.1, -0.05) is 0 Å². The predicted octanol–water partition coefficient (Wildman–Crippen LogP) is 1.39. The average molecular weight is 260 g/mol. The second kappa shape index (κ2) is 4.41. The van der Waals surface area contributed by atoms with Crippen LogP contribution in [0.5, 0.6) is 0 Å². The zero-order valence-electron chi connectivity index (χ0n) is 8.72. The van der Waals surface area contributed by atoms with Crippen LogP contribution in [0.2, 0.25) is 0 Å². The van der Waals surface area contributed by atoms with Crippen molar-refractivity contribution in [2.75, 3.05) is 19.7 Å². The van der Waals surface area contributed by atoms with E-state index in [1.54, 1.807) is 0 Å². The van der Waals surface area contributed by atoms with Gasteiger partial charge in [0.05, 0.1) is 6.61 Å². The fourth-order valence-corrected chi connectivity index (χ4v) is 1.90. The Morgan fingerprint density at radius 3 is 2.50 bits per heavy atom. The number of hydrogen-bond donors (Lipinski definition) is 1. The number of carbonyl (C=O) groups is 1. The molecule has 2 atom stereocenters. The monoisotopic (exact) mass is 259 g/mol. The van der Waals surface area contributed by atoms with Gasteiger partial charge in [0, 0.05) is 13.1 Å². The molecule has 3 nitrogen and oxygen atoms in total. The Balaban J connectivity index is 2.80. The molecule has 1 aliphatic rings. The fourth-order valence-electron chi connectivity index (χ4n) is 1.76. The van der Waals surface area contributed by atoms with E-state index in [-0.39, 0.29) is 13.0 Å². The predicted molar refractivity (Wildman–Crippen MR) is 52.1 cm³/mol. The van der Waals surface area contributed by atoms with Crippen LogP contribution in [-0.2, 0) is 4.79 Å². The molecule has 0 saturated carbocycles. The maximum absolute atomic E-state index is 12.7. The van der Waals surface area contributed by atoms with Crippen LogP contribution in [0.3, 0.4) is 0 Å². The molecule has 0 aliphatic carbocycles. The number of nitrogens with zero attached hydrogens (tertiary/aromatic N) is 1. The summed E-state index contributed by atoms with van der Waals surface area (Å²) in [4.78, 5) is 12.5. The molecule has 1 fully saturated rings. The van der Waals surface area contributed by atoms with Crippen LogP contribution in [0.1, 0.15) is 13.3 Å². The van der Waals surface area contributed by atoms with Crippen molar-refractivity contribution >= 4 is 17.5 Å². The minimum atomic E-state index is -4.51. The topological polar surface area (TPSA) is 40.5 Å². The lowest BCUT2D eigenvalue weighted by atomic mass is 9.87. The minimum absolute atomic E-state index is 0.0179. The molecule has 0 radical (unpaired) electrons. The number of carbonyl (C=O) groups excluding carboxylic acids is 1. The van der Waals surface area contributed by atoms with Crippen molar-refractivity contribution in [2.24, 2.45) is 5.41 Å². The van der Waals surface area contributed by atoms with Gasteiger partial charge in [-0.15, -0.1) is 11.6 Å². The van der Waals surface area contributed by atoms with E-state index in [2.05, 4.69) is 0 Å². The molecule has 16 heavy (non-hydrogen) atoms. The molecular weight excluding hydrogens is 247 g/mol. The molecule has 1 N–H and O–H groups in total. The third-order valence-electron chi connectivity index (χ3n) is 2.91. The van der Waals surface area contributed by atoms with Gasteiger partial charge in [0.1, 0.15) is 10.8 Å². The van der Waals surface area contributed by atoms with Gasteiger partial charge in [0.25, 0.3) is 0 Å². The molecule has 1 rings (SSSR count). The van der Waals surface area contributed by atoms with Crippen molar-refractivity contribution in [2.45, 2.75) is 24.9 Å². The second-order valence-corrected chi connectivity index (χ2v) is 4.72. The normalized spacial score (nSPS) is 28.2. The highest BCUT2D eigenvalue weighted by Crippen LogP contribution is 2.45. The van der Waals surface area contributed by atoms with Crippen molar-refractivity contribution in [1.29, 1.82) is 0 Å². The Bertz CT molecular complexity index is 282. The summed E-state index contributed by atoms with van der Waals surface area (Å²) in [6, 6.07) is 0. The summed E-state index contributed by atoms with van der Waals surface area (Å²) in [5.74, 6) is -0.527. The summed E-state index contributed by atoms with van der Waals surface area (Å²) < 4.78 is 38.2. The minimum Gasteiger partial charge on any atom is -0.395 e. The summed E-state index contributed by atoms with van der Waals surface area (Å²) in [7, 11) is 0. The molecule has 0 unspecified atom stereocenters. The number of hydrogen-bond acceptors (Lipinski definition) is 2. The fraction of sp³-hybridized carbons (Fsp3) is 0.889. The summed E-state index contributed by atoms with van der Waals surface area (Å²) in [5, 5.41) is 8.05. The quantitative estimate of drug-likeness (QED) is 0.762. The molecule has 0 aromatic carbocycles. The number of amides is 1. The summed E-state index contributed by atoms with van der Waals surface area (Å²) in [6.07, 6.45) is -4.78. The lowest BCUT2D eigenvalue weighted by molar-refractivity contribution is -0.230. The average Bonchev–Trinajstić information content (AvgIpc) is 2.60. The lowest BCUT2D eigenvalue weighted by Gasteiger charge is -2.29. The molecule has 0 aromatic heterocycles. The summed E-state index contributed by atoms with van der Waals surface area (Å²) >= 11 is 5.52. The van der Waals surface area contributed by atoms with Gasteiger partial charge in [0.2, 0.25) is 5.91 Å². The standard InChI is InChI=1S/C9H13ClF3NO2/c1-6(10)7(16)14-3-2-8(4-14,5-15)9(11,12)13/h6,15H,2-5H2,1H3/t6-,8-/m1/s1. The van der Waals surface area contributed by atoms with E-state index < -0.39 is 36.0 Å². The van der Waals surface area contributed by atoms with E-state index in [1.165, 1.54) is 6.92 Å². The summed E-state index contributed by atoms with van der Waals surface area (Å²) in [5.41, 5.74) is -2.19. The summed E-state index contributed by atoms with van der Waals surface area (Å²) in [6.45, 7) is -0.119. The van der Waals surface area contributed by atoms with Gasteiger partial charge < -0.3 is 10.0 Å². The van der Waals surface area contributed by atoms with Gasteiger partial charge in [0.15, 0.2) is 0 Å². The van der Waals surface area contributed by atoms with Crippen molar-refractivity contribution < 1.29 is 23.1 Å². The SMILES string of the molecule is C[C@@H](Cl)C(=O)N1CC[C@@](CO)(C(F)(F)F)C1. The molecule has 0 bridgehead atoms. The number of rotatable bonds is 2. The number of alkyl halides is 4. The Labute approximate surface area is 96.2 Å². The van der Waals surface area contributed by atoms with E-state index in [1.807, 2.05) is 0 Å². The highest BCUT2D eigenvalue weighted by Gasteiger charge is 2.58. The Kier molecular flexibility index (Phi) is 3.74. The van der Waals surface area contributed by atoms with Crippen molar-refractivity contribution in [3.63, 3.8) is 0 Å². The Morgan fingerprint density at radius 1 is 1.62 bits per heavy atom. The van der Waals surface area contributed by atoms with Crippen molar-refractivity contribution in [1.82, 2.24) is 4.90 Å². The maximum atomic E-state index is 12.7.